The average Bonchev–Trinajstić information content (AvgIpc) is 3.30. The Morgan fingerprint density at radius 3 is 2.65 bits per heavy atom. The molecular formula is C23H22N2O4S2. The summed E-state index contributed by atoms with van der Waals surface area (Å²) in [6.07, 6.45) is 5.15. The number of carbonyl (C=O) groups is 1. The van der Waals surface area contributed by atoms with Crippen molar-refractivity contribution in [1.29, 1.82) is 0 Å². The summed E-state index contributed by atoms with van der Waals surface area (Å²) in [5, 5.41) is 1.95. The average molecular weight is 455 g/mol. The largest absolute Gasteiger partial charge is 0.496 e. The van der Waals surface area contributed by atoms with Gasteiger partial charge in [0, 0.05) is 16.0 Å². The highest BCUT2D eigenvalue weighted by Gasteiger charge is 2.21. The van der Waals surface area contributed by atoms with Gasteiger partial charge in [0.05, 0.1) is 31.6 Å². The molecule has 2 aromatic carbocycles. The van der Waals surface area contributed by atoms with Gasteiger partial charge < -0.3 is 9.64 Å². The van der Waals surface area contributed by atoms with E-state index >= 15 is 0 Å². The monoisotopic (exact) mass is 454 g/mol. The van der Waals surface area contributed by atoms with Crippen LogP contribution in [0.25, 0.3) is 0 Å². The maximum absolute atomic E-state index is 13.4. The summed E-state index contributed by atoms with van der Waals surface area (Å²) in [4.78, 5) is 16.1. The molecule has 0 fully saturated rings. The normalized spacial score (nSPS) is 11.0. The Bertz CT molecular complexity index is 1180. The molecule has 0 bridgehead atoms. The van der Waals surface area contributed by atoms with Crippen LogP contribution in [0.5, 0.6) is 5.75 Å². The van der Waals surface area contributed by atoms with Gasteiger partial charge >= 0.3 is 0 Å². The zero-order valence-electron chi connectivity index (χ0n) is 16.9. The Morgan fingerprint density at radius 1 is 1.13 bits per heavy atom. The van der Waals surface area contributed by atoms with Gasteiger partial charge in [-0.25, -0.2) is 8.42 Å². The van der Waals surface area contributed by atoms with E-state index in [2.05, 4.69) is 10.6 Å². The van der Waals surface area contributed by atoms with Gasteiger partial charge in [-0.15, -0.1) is 17.8 Å². The molecule has 6 nitrogen and oxygen atoms in total. The van der Waals surface area contributed by atoms with Crippen LogP contribution in [0.1, 0.15) is 20.8 Å². The van der Waals surface area contributed by atoms with Gasteiger partial charge in [-0.05, 0) is 35.7 Å². The summed E-state index contributed by atoms with van der Waals surface area (Å²) >= 11 is 1.55. The van der Waals surface area contributed by atoms with Crippen LogP contribution in [0.2, 0.25) is 0 Å². The van der Waals surface area contributed by atoms with Gasteiger partial charge in [-0.1, -0.05) is 36.3 Å². The number of para-hydroxylation sites is 1. The molecule has 0 aliphatic rings. The lowest BCUT2D eigenvalue weighted by Gasteiger charge is -2.23. The SMILES string of the molecule is C#CCNS(=O)(=O)c1cccc(C(=O)N(Cc2cccs2)Cc2ccccc2OC)c1. The molecule has 0 unspecified atom stereocenters. The molecule has 0 aliphatic heterocycles. The van der Waals surface area contributed by atoms with Crippen LogP contribution >= 0.6 is 11.3 Å². The van der Waals surface area contributed by atoms with E-state index in [0.29, 0.717) is 18.8 Å². The smallest absolute Gasteiger partial charge is 0.254 e. The fourth-order valence-corrected chi connectivity index (χ4v) is 4.73. The van der Waals surface area contributed by atoms with Crippen molar-refractivity contribution in [3.8, 4) is 18.1 Å². The van der Waals surface area contributed by atoms with Crippen molar-refractivity contribution < 1.29 is 17.9 Å². The molecule has 1 aromatic heterocycles. The molecule has 160 valence electrons. The maximum atomic E-state index is 13.4. The first-order chi connectivity index (χ1) is 14.9. The summed E-state index contributed by atoms with van der Waals surface area (Å²) < 4.78 is 32.6. The second-order valence-electron chi connectivity index (χ2n) is 6.61. The molecule has 0 atom stereocenters. The topological polar surface area (TPSA) is 75.7 Å². The lowest BCUT2D eigenvalue weighted by atomic mass is 10.1. The van der Waals surface area contributed by atoms with Crippen LogP contribution in [0.4, 0.5) is 0 Å². The third-order valence-electron chi connectivity index (χ3n) is 4.52. The van der Waals surface area contributed by atoms with E-state index in [1.54, 1.807) is 35.5 Å². The van der Waals surface area contributed by atoms with E-state index in [1.807, 2.05) is 41.8 Å². The minimum atomic E-state index is -3.80. The third-order valence-corrected chi connectivity index (χ3v) is 6.78. The lowest BCUT2D eigenvalue weighted by Crippen LogP contribution is -2.30. The first kappa shape index (κ1) is 22.6. The molecule has 8 heteroatoms. The highest BCUT2D eigenvalue weighted by atomic mass is 32.2. The quantitative estimate of drug-likeness (QED) is 0.502. The number of methoxy groups -OCH3 is 1. The maximum Gasteiger partial charge on any atom is 0.254 e. The zero-order valence-corrected chi connectivity index (χ0v) is 18.6. The Balaban J connectivity index is 1.93. The van der Waals surface area contributed by atoms with Crippen molar-refractivity contribution in [1.82, 2.24) is 9.62 Å². The highest BCUT2D eigenvalue weighted by Crippen LogP contribution is 2.23. The second-order valence-corrected chi connectivity index (χ2v) is 9.41. The number of amides is 1. The van der Waals surface area contributed by atoms with Crippen molar-refractivity contribution in [2.75, 3.05) is 13.7 Å². The van der Waals surface area contributed by atoms with Crippen LogP contribution in [-0.4, -0.2) is 32.9 Å². The predicted molar refractivity (Wildman–Crippen MR) is 121 cm³/mol. The predicted octanol–water partition coefficient (Wildman–Crippen LogP) is 3.51. The number of sulfonamides is 1. The zero-order chi connectivity index (χ0) is 22.3. The fourth-order valence-electron chi connectivity index (χ4n) is 3.03. The van der Waals surface area contributed by atoms with E-state index in [0.717, 1.165) is 10.4 Å². The summed E-state index contributed by atoms with van der Waals surface area (Å²) in [5.74, 6) is 2.63. The fraction of sp³-hybridized carbons (Fsp3) is 0.174. The van der Waals surface area contributed by atoms with Crippen LogP contribution in [0.3, 0.4) is 0 Å². The molecule has 0 spiro atoms. The Kier molecular flexibility index (Phi) is 7.47. The van der Waals surface area contributed by atoms with Gasteiger partial charge in [0.1, 0.15) is 5.75 Å². The number of ether oxygens (including phenoxy) is 1. The molecular weight excluding hydrogens is 432 g/mol. The van der Waals surface area contributed by atoms with E-state index < -0.39 is 10.0 Å². The number of hydrogen-bond acceptors (Lipinski definition) is 5. The van der Waals surface area contributed by atoms with Crippen LogP contribution in [0, 0.1) is 12.3 Å². The first-order valence-electron chi connectivity index (χ1n) is 9.41. The van der Waals surface area contributed by atoms with Crippen molar-refractivity contribution in [3.63, 3.8) is 0 Å². The number of hydrogen-bond donors (Lipinski definition) is 1. The van der Waals surface area contributed by atoms with E-state index in [-0.39, 0.29) is 22.9 Å². The van der Waals surface area contributed by atoms with Crippen LogP contribution in [-0.2, 0) is 23.1 Å². The number of nitrogens with one attached hydrogen (secondary N) is 1. The minimum Gasteiger partial charge on any atom is -0.496 e. The van der Waals surface area contributed by atoms with E-state index in [4.69, 9.17) is 11.2 Å². The molecule has 3 rings (SSSR count). The highest BCUT2D eigenvalue weighted by molar-refractivity contribution is 7.89. The summed E-state index contributed by atoms with van der Waals surface area (Å²) in [7, 11) is -2.22. The Morgan fingerprint density at radius 2 is 1.94 bits per heavy atom. The van der Waals surface area contributed by atoms with Gasteiger partial charge in [-0.2, -0.15) is 4.72 Å². The van der Waals surface area contributed by atoms with Gasteiger partial charge in [0.25, 0.3) is 5.91 Å². The minimum absolute atomic E-state index is 0.0121. The number of terminal acetylenes is 1. The molecule has 1 amide bonds. The molecule has 31 heavy (non-hydrogen) atoms. The molecule has 0 saturated carbocycles. The molecule has 3 aromatic rings. The van der Waals surface area contributed by atoms with Gasteiger partial charge in [0.2, 0.25) is 10.0 Å². The third kappa shape index (κ3) is 5.73. The second kappa shape index (κ2) is 10.3. The summed E-state index contributed by atoms with van der Waals surface area (Å²) in [6, 6.07) is 17.3. The first-order valence-corrected chi connectivity index (χ1v) is 11.8. The van der Waals surface area contributed by atoms with E-state index in [9.17, 15) is 13.2 Å². The van der Waals surface area contributed by atoms with Crippen LogP contribution in [0.15, 0.2) is 70.9 Å². The molecule has 0 saturated heterocycles. The standard InChI is InChI=1S/C23H22N2O4S2/c1-3-13-24-31(27,28)21-11-6-9-18(15-21)23(26)25(17-20-10-7-14-30-20)16-19-8-4-5-12-22(19)29-2/h1,4-12,14-15,24H,13,16-17H2,2H3. The van der Waals surface area contributed by atoms with Crippen molar-refractivity contribution in [2.45, 2.75) is 18.0 Å². The Labute approximate surface area is 186 Å². The number of benzene rings is 2. The Hall–Kier alpha value is -3.12. The van der Waals surface area contributed by atoms with E-state index in [1.165, 1.54) is 12.1 Å². The number of thiophene rings is 1. The van der Waals surface area contributed by atoms with Gasteiger partial charge in [-0.3, -0.25) is 4.79 Å². The molecule has 1 N–H and O–H groups in total. The number of carbonyl (C=O) groups excluding carboxylic acids is 1. The summed E-state index contributed by atoms with van der Waals surface area (Å²) in [5.41, 5.74) is 1.13. The number of nitrogens with zero attached hydrogens (tertiary/aromatic N) is 1. The van der Waals surface area contributed by atoms with Gasteiger partial charge in [0.15, 0.2) is 0 Å². The van der Waals surface area contributed by atoms with Crippen molar-refractivity contribution in [3.05, 3.63) is 82.0 Å². The lowest BCUT2D eigenvalue weighted by molar-refractivity contribution is 0.0730. The van der Waals surface area contributed by atoms with Crippen LogP contribution < -0.4 is 9.46 Å². The molecule has 1 heterocycles. The molecule has 0 aliphatic carbocycles. The molecule has 0 radical (unpaired) electrons. The number of rotatable bonds is 9. The van der Waals surface area contributed by atoms with Crippen molar-refractivity contribution >= 4 is 27.3 Å². The summed E-state index contributed by atoms with van der Waals surface area (Å²) in [6.45, 7) is 0.576. The van der Waals surface area contributed by atoms with Crippen molar-refractivity contribution in [2.24, 2.45) is 0 Å².